The highest BCUT2D eigenvalue weighted by Crippen LogP contribution is 2.37. The predicted molar refractivity (Wildman–Crippen MR) is 227 cm³/mol. The van der Waals surface area contributed by atoms with Crippen molar-refractivity contribution in [1.82, 2.24) is 20.1 Å². The van der Waals surface area contributed by atoms with Gasteiger partial charge in [0.05, 0.1) is 22.8 Å². The molecule has 2 aromatic carbocycles. The summed E-state index contributed by atoms with van der Waals surface area (Å²) >= 11 is 0. The molecule has 4 aliphatic rings. The minimum absolute atomic E-state index is 0.258. The second kappa shape index (κ2) is 17.0. The lowest BCUT2D eigenvalue weighted by Gasteiger charge is -2.44. The fraction of sp³-hybridized carbons (Fsp3) is 0.444. The maximum absolute atomic E-state index is 14.0. The molecule has 2 bridgehead atoms. The molecular weight excluding hydrogens is 705 g/mol. The number of aryl methyl sites for hydroxylation is 1. The van der Waals surface area contributed by atoms with E-state index in [0.717, 1.165) is 142 Å². The molecule has 3 atom stereocenters. The number of allylic oxidation sites excluding steroid dienone is 2. The van der Waals surface area contributed by atoms with E-state index >= 15 is 0 Å². The number of nitrogens with zero attached hydrogens (tertiary/aromatic N) is 6. The van der Waals surface area contributed by atoms with Gasteiger partial charge in [-0.05, 0) is 86.9 Å². The lowest BCUT2D eigenvalue weighted by molar-refractivity contribution is 0.0797. The summed E-state index contributed by atoms with van der Waals surface area (Å²) < 4.78 is 27.9. The first-order valence-corrected chi connectivity index (χ1v) is 20.3. The van der Waals surface area contributed by atoms with E-state index in [1.165, 1.54) is 23.9 Å². The first-order valence-electron chi connectivity index (χ1n) is 20.3. The topological polar surface area (TPSA) is 86.1 Å². The van der Waals surface area contributed by atoms with E-state index in [1.54, 1.807) is 0 Å². The molecule has 0 saturated carbocycles. The van der Waals surface area contributed by atoms with Gasteiger partial charge in [-0.2, -0.15) is 0 Å². The summed E-state index contributed by atoms with van der Waals surface area (Å²) in [6, 6.07) is 14.9. The second-order valence-corrected chi connectivity index (χ2v) is 16.0. The number of halogens is 2. The van der Waals surface area contributed by atoms with Gasteiger partial charge >= 0.3 is 0 Å². The van der Waals surface area contributed by atoms with Crippen LogP contribution in [0, 0.1) is 35.8 Å². The molecule has 1 aromatic heterocycles. The third kappa shape index (κ3) is 8.53. The highest BCUT2D eigenvalue weighted by atomic mass is 19.1. The number of pyridine rings is 1. The van der Waals surface area contributed by atoms with Crippen LogP contribution in [0.15, 0.2) is 78.1 Å². The van der Waals surface area contributed by atoms with Gasteiger partial charge in [-0.15, -0.1) is 0 Å². The number of anilines is 3. The van der Waals surface area contributed by atoms with Crippen LogP contribution in [0.25, 0.3) is 11.3 Å². The van der Waals surface area contributed by atoms with Crippen molar-refractivity contribution in [3.63, 3.8) is 0 Å². The quantitative estimate of drug-likeness (QED) is 0.198. The molecule has 4 aliphatic heterocycles. The minimum Gasteiger partial charge on any atom is -0.391 e. The number of aromatic nitrogens is 1. The van der Waals surface area contributed by atoms with Crippen molar-refractivity contribution in [1.29, 1.82) is 5.41 Å². The third-order valence-electron chi connectivity index (χ3n) is 12.0. The van der Waals surface area contributed by atoms with E-state index in [2.05, 4.69) is 75.4 Å². The number of guanidine groups is 1. The molecular formula is C45H57F2N9. The van der Waals surface area contributed by atoms with E-state index in [1.807, 2.05) is 26.1 Å². The molecule has 0 spiro atoms. The zero-order chi connectivity index (χ0) is 39.5. The molecule has 11 heteroatoms. The van der Waals surface area contributed by atoms with Crippen molar-refractivity contribution in [2.45, 2.75) is 71.9 Å². The van der Waals surface area contributed by atoms with E-state index < -0.39 is 11.6 Å². The van der Waals surface area contributed by atoms with E-state index in [4.69, 9.17) is 15.4 Å². The third-order valence-corrected chi connectivity index (χ3v) is 12.0. The Balaban J connectivity index is 1.07. The summed E-state index contributed by atoms with van der Waals surface area (Å²) in [6.07, 6.45) is 7.41. The van der Waals surface area contributed by atoms with Gasteiger partial charge in [0, 0.05) is 111 Å². The van der Waals surface area contributed by atoms with E-state index in [0.29, 0.717) is 23.3 Å². The van der Waals surface area contributed by atoms with Crippen molar-refractivity contribution in [3.05, 3.63) is 107 Å². The molecule has 5 heterocycles. The Morgan fingerprint density at radius 1 is 1.02 bits per heavy atom. The summed E-state index contributed by atoms with van der Waals surface area (Å²) in [5.74, 6) is 0.388. The normalized spacial score (nSPS) is 24.4. The van der Waals surface area contributed by atoms with Crippen molar-refractivity contribution in [2.75, 3.05) is 61.4 Å². The van der Waals surface area contributed by atoms with Crippen molar-refractivity contribution >= 4 is 40.5 Å². The maximum atomic E-state index is 14.0. The molecule has 3 N–H and O–H groups in total. The number of benzene rings is 2. The minimum atomic E-state index is -0.540. The van der Waals surface area contributed by atoms with Gasteiger partial charge in [0.2, 0.25) is 5.96 Å². The fourth-order valence-corrected chi connectivity index (χ4v) is 8.88. The smallest absolute Gasteiger partial charge is 0.208 e. The van der Waals surface area contributed by atoms with Crippen LogP contribution in [0.1, 0.15) is 74.9 Å². The number of aliphatic imine (C=N–C) groups is 1. The molecule has 9 nitrogen and oxygen atoms in total. The lowest BCUT2D eigenvalue weighted by Crippen LogP contribution is -2.52. The van der Waals surface area contributed by atoms with Gasteiger partial charge in [0.1, 0.15) is 11.6 Å². The van der Waals surface area contributed by atoms with Gasteiger partial charge in [0.15, 0.2) is 0 Å². The second-order valence-electron chi connectivity index (χ2n) is 16.0. The summed E-state index contributed by atoms with van der Waals surface area (Å²) in [4.78, 5) is 19.4. The Labute approximate surface area is 331 Å². The molecule has 2 unspecified atom stereocenters. The molecule has 296 valence electrons. The van der Waals surface area contributed by atoms with E-state index in [9.17, 15) is 8.78 Å². The number of piperazine rings is 1. The number of fused-ring (bicyclic) bond motifs is 5. The zero-order valence-corrected chi connectivity index (χ0v) is 33.5. The van der Waals surface area contributed by atoms with Crippen molar-refractivity contribution in [2.24, 2.45) is 16.8 Å². The van der Waals surface area contributed by atoms with Crippen LogP contribution in [0.3, 0.4) is 0 Å². The number of hydrogen-bond acceptors (Lipinski definition) is 9. The van der Waals surface area contributed by atoms with Crippen LogP contribution in [-0.4, -0.2) is 79.3 Å². The lowest BCUT2D eigenvalue weighted by atomic mass is 9.99. The molecule has 0 amide bonds. The average Bonchev–Trinajstić information content (AvgIpc) is 3.80. The Bertz CT molecular complexity index is 2020. The van der Waals surface area contributed by atoms with Gasteiger partial charge in [-0.1, -0.05) is 39.5 Å². The number of nitrogens with one attached hydrogen (secondary N) is 3. The van der Waals surface area contributed by atoms with Crippen LogP contribution in [-0.2, 0) is 6.54 Å². The van der Waals surface area contributed by atoms with Gasteiger partial charge in [-0.25, -0.2) is 13.8 Å². The maximum Gasteiger partial charge on any atom is 0.208 e. The summed E-state index contributed by atoms with van der Waals surface area (Å²) in [6.45, 7) is 21.5. The molecule has 0 aliphatic carbocycles. The van der Waals surface area contributed by atoms with Crippen LogP contribution < -0.4 is 20.4 Å². The monoisotopic (exact) mass is 761 g/mol. The zero-order valence-electron chi connectivity index (χ0n) is 33.5. The van der Waals surface area contributed by atoms with Crippen LogP contribution >= 0.6 is 0 Å². The van der Waals surface area contributed by atoms with E-state index in [-0.39, 0.29) is 5.92 Å². The fourth-order valence-electron chi connectivity index (χ4n) is 8.88. The van der Waals surface area contributed by atoms with Gasteiger partial charge in [0.25, 0.3) is 0 Å². The Morgan fingerprint density at radius 2 is 1.82 bits per heavy atom. The average molecular weight is 762 g/mol. The molecule has 2 fully saturated rings. The highest BCUT2D eigenvalue weighted by molar-refractivity contribution is 6.16. The molecule has 56 heavy (non-hydrogen) atoms. The standard InChI is InChI=1S/C45H57F2N9/c1-7-38-28-53(32(5)34-14-15-54(27-34)39-22-36(46)21-37(47)23-39)16-17-55(38)26-33-12-13-42-44(19-33)56-25-29(2)10-8-9-11-41(49-6)40(24-48)43-20-35(18-30(3)50-43)31(4)51-45(56)52-42/h12-13,18-24,29,34,38,48-49H,4-5,7-11,14-17,25-28H2,1-3,6H3,(H,51,52)/b41-40+,48-24?/t29-,34?,38?/m1/s1. The van der Waals surface area contributed by atoms with Crippen molar-refractivity contribution < 1.29 is 8.78 Å². The van der Waals surface area contributed by atoms with Crippen molar-refractivity contribution in [3.8, 4) is 0 Å². The summed E-state index contributed by atoms with van der Waals surface area (Å²) in [5, 5.41) is 15.2. The largest absolute Gasteiger partial charge is 0.391 e. The number of hydrogen-bond donors (Lipinski definition) is 3. The van der Waals surface area contributed by atoms with Crippen LogP contribution in [0.4, 0.5) is 25.8 Å². The highest BCUT2D eigenvalue weighted by Gasteiger charge is 2.33. The van der Waals surface area contributed by atoms with Crippen LogP contribution in [0.2, 0.25) is 0 Å². The molecule has 3 aromatic rings. The summed E-state index contributed by atoms with van der Waals surface area (Å²) in [5.41, 5.74) is 10.2. The molecule has 7 rings (SSSR count). The number of rotatable bonds is 8. The molecule has 2 saturated heterocycles. The van der Waals surface area contributed by atoms with Crippen LogP contribution in [0.5, 0.6) is 0 Å². The van der Waals surface area contributed by atoms with Gasteiger partial charge < -0.3 is 30.7 Å². The Morgan fingerprint density at radius 3 is 2.57 bits per heavy atom. The molecule has 0 radical (unpaired) electrons. The summed E-state index contributed by atoms with van der Waals surface area (Å²) in [7, 11) is 1.93. The first-order chi connectivity index (χ1) is 27.0. The van der Waals surface area contributed by atoms with Gasteiger partial charge in [-0.3, -0.25) is 9.88 Å². The Hall–Kier alpha value is -5.03. The first kappa shape index (κ1) is 39.2. The predicted octanol–water partition coefficient (Wildman–Crippen LogP) is 8.65. The Kier molecular flexibility index (Phi) is 11.9. The SMILES string of the molecule is C=C1/N=C2\Nc3ccc(CN4CCN(C(=C)C5CCN(c6cc(F)cc(F)c6)C5)CC4CC)cc3N2C[C@H](C)CCCC/C(NC)=C(/C=N)c2cc1cc(C)n2.